The zero-order valence-corrected chi connectivity index (χ0v) is 13.4. The van der Waals surface area contributed by atoms with E-state index in [4.69, 9.17) is 4.74 Å². The zero-order valence-electron chi connectivity index (χ0n) is 11.8. The van der Waals surface area contributed by atoms with Gasteiger partial charge in [-0.25, -0.2) is 0 Å². The number of methoxy groups -OCH3 is 1. The molecule has 0 saturated heterocycles. The predicted octanol–water partition coefficient (Wildman–Crippen LogP) is 3.75. The Labute approximate surface area is 128 Å². The fraction of sp³-hybridized carbons (Fsp3) is 0.312. The SMILES string of the molecule is CCNC(Cc1cccc(OC)c1)c1ccc(Br)cn1. The van der Waals surface area contributed by atoms with Crippen LogP contribution in [0.4, 0.5) is 0 Å². The number of aromatic nitrogens is 1. The van der Waals surface area contributed by atoms with Crippen LogP contribution in [0.15, 0.2) is 47.1 Å². The third-order valence-corrected chi connectivity index (χ3v) is 3.60. The van der Waals surface area contributed by atoms with Crippen LogP contribution in [0.3, 0.4) is 0 Å². The van der Waals surface area contributed by atoms with Gasteiger partial charge in [0.15, 0.2) is 0 Å². The number of hydrogen-bond donors (Lipinski definition) is 1. The summed E-state index contributed by atoms with van der Waals surface area (Å²) in [5.74, 6) is 0.890. The summed E-state index contributed by atoms with van der Waals surface area (Å²) in [7, 11) is 1.69. The molecule has 0 aliphatic heterocycles. The van der Waals surface area contributed by atoms with Gasteiger partial charge in [0.1, 0.15) is 5.75 Å². The number of likely N-dealkylation sites (N-methyl/N-ethyl adjacent to an activating group) is 1. The van der Waals surface area contributed by atoms with Crippen molar-refractivity contribution in [2.45, 2.75) is 19.4 Å². The first-order valence-corrected chi connectivity index (χ1v) is 7.50. The highest BCUT2D eigenvalue weighted by Crippen LogP contribution is 2.21. The number of nitrogens with zero attached hydrogens (tertiary/aromatic N) is 1. The average molecular weight is 335 g/mol. The fourth-order valence-corrected chi connectivity index (χ4v) is 2.39. The van der Waals surface area contributed by atoms with Crippen molar-refractivity contribution in [2.75, 3.05) is 13.7 Å². The number of pyridine rings is 1. The van der Waals surface area contributed by atoms with Crippen LogP contribution in [0, 0.1) is 0 Å². The van der Waals surface area contributed by atoms with E-state index in [0.717, 1.165) is 28.9 Å². The number of rotatable bonds is 6. The van der Waals surface area contributed by atoms with E-state index in [1.807, 2.05) is 24.4 Å². The third-order valence-electron chi connectivity index (χ3n) is 3.13. The zero-order chi connectivity index (χ0) is 14.4. The summed E-state index contributed by atoms with van der Waals surface area (Å²) in [5.41, 5.74) is 2.29. The van der Waals surface area contributed by atoms with Crippen LogP contribution < -0.4 is 10.1 Å². The van der Waals surface area contributed by atoms with Crippen molar-refractivity contribution in [3.05, 3.63) is 58.3 Å². The molecule has 1 aromatic heterocycles. The van der Waals surface area contributed by atoms with E-state index in [2.05, 4.69) is 51.4 Å². The van der Waals surface area contributed by atoms with Crippen molar-refractivity contribution < 1.29 is 4.74 Å². The van der Waals surface area contributed by atoms with Gasteiger partial charge >= 0.3 is 0 Å². The molecule has 0 bridgehead atoms. The molecule has 20 heavy (non-hydrogen) atoms. The molecule has 1 unspecified atom stereocenters. The minimum Gasteiger partial charge on any atom is -0.497 e. The number of nitrogens with one attached hydrogen (secondary N) is 1. The Morgan fingerprint density at radius 3 is 2.80 bits per heavy atom. The number of hydrogen-bond acceptors (Lipinski definition) is 3. The molecule has 0 aliphatic carbocycles. The second-order valence-electron chi connectivity index (χ2n) is 4.57. The Hall–Kier alpha value is -1.39. The minimum atomic E-state index is 0.209. The van der Waals surface area contributed by atoms with E-state index in [9.17, 15) is 0 Å². The molecule has 4 heteroatoms. The smallest absolute Gasteiger partial charge is 0.119 e. The Morgan fingerprint density at radius 1 is 1.30 bits per heavy atom. The summed E-state index contributed by atoms with van der Waals surface area (Å²) in [6, 6.07) is 12.5. The van der Waals surface area contributed by atoms with Crippen LogP contribution in [0.5, 0.6) is 5.75 Å². The molecule has 0 radical (unpaired) electrons. The van der Waals surface area contributed by atoms with Crippen molar-refractivity contribution in [1.82, 2.24) is 10.3 Å². The summed E-state index contributed by atoms with van der Waals surface area (Å²) in [6.07, 6.45) is 2.73. The molecule has 2 aromatic rings. The summed E-state index contributed by atoms with van der Waals surface area (Å²) in [6.45, 7) is 3.02. The molecule has 2 rings (SSSR count). The molecule has 0 aliphatic rings. The van der Waals surface area contributed by atoms with Gasteiger partial charge in [0.25, 0.3) is 0 Å². The topological polar surface area (TPSA) is 34.1 Å². The van der Waals surface area contributed by atoms with Gasteiger partial charge in [-0.3, -0.25) is 4.98 Å². The lowest BCUT2D eigenvalue weighted by atomic mass is 10.0. The maximum atomic E-state index is 5.28. The lowest BCUT2D eigenvalue weighted by molar-refractivity contribution is 0.413. The Bertz CT molecular complexity index is 542. The summed E-state index contributed by atoms with van der Waals surface area (Å²) < 4.78 is 6.27. The van der Waals surface area contributed by atoms with E-state index in [1.54, 1.807) is 7.11 Å². The molecule has 0 fully saturated rings. The number of halogens is 1. The second-order valence-corrected chi connectivity index (χ2v) is 5.48. The maximum Gasteiger partial charge on any atom is 0.119 e. The molecular weight excluding hydrogens is 316 g/mol. The maximum absolute atomic E-state index is 5.28. The second kappa shape index (κ2) is 7.41. The van der Waals surface area contributed by atoms with Crippen molar-refractivity contribution in [1.29, 1.82) is 0 Å². The fourth-order valence-electron chi connectivity index (χ4n) is 2.16. The minimum absolute atomic E-state index is 0.209. The van der Waals surface area contributed by atoms with E-state index < -0.39 is 0 Å². The normalized spacial score (nSPS) is 12.2. The highest BCUT2D eigenvalue weighted by molar-refractivity contribution is 9.10. The molecule has 1 atom stereocenters. The van der Waals surface area contributed by atoms with Crippen LogP contribution in [0.1, 0.15) is 24.2 Å². The summed E-state index contributed by atoms with van der Waals surface area (Å²) in [5, 5.41) is 3.49. The summed E-state index contributed by atoms with van der Waals surface area (Å²) in [4.78, 5) is 4.50. The lowest BCUT2D eigenvalue weighted by Crippen LogP contribution is -2.23. The van der Waals surface area contributed by atoms with Crippen LogP contribution in [0.2, 0.25) is 0 Å². The van der Waals surface area contributed by atoms with Gasteiger partial charge in [-0.15, -0.1) is 0 Å². The molecule has 1 N–H and O–H groups in total. The molecule has 1 aromatic carbocycles. The van der Waals surface area contributed by atoms with Gasteiger partial charge in [-0.2, -0.15) is 0 Å². The van der Waals surface area contributed by atoms with E-state index >= 15 is 0 Å². The molecular formula is C16H19BrN2O. The molecule has 0 spiro atoms. The van der Waals surface area contributed by atoms with Crippen LogP contribution in [-0.4, -0.2) is 18.6 Å². The van der Waals surface area contributed by atoms with Crippen molar-refractivity contribution in [3.8, 4) is 5.75 Å². The Morgan fingerprint density at radius 2 is 2.15 bits per heavy atom. The average Bonchev–Trinajstić information content (AvgIpc) is 2.48. The van der Waals surface area contributed by atoms with Gasteiger partial charge in [0, 0.05) is 10.7 Å². The standard InChI is InChI=1S/C16H19BrN2O/c1-3-18-16(15-8-7-13(17)11-19-15)10-12-5-4-6-14(9-12)20-2/h4-9,11,16,18H,3,10H2,1-2H3. The van der Waals surface area contributed by atoms with Crippen molar-refractivity contribution >= 4 is 15.9 Å². The third kappa shape index (κ3) is 4.05. The van der Waals surface area contributed by atoms with Crippen LogP contribution >= 0.6 is 15.9 Å². The lowest BCUT2D eigenvalue weighted by Gasteiger charge is -2.18. The van der Waals surface area contributed by atoms with Gasteiger partial charge in [0.05, 0.1) is 18.8 Å². The molecule has 1 heterocycles. The Kier molecular flexibility index (Phi) is 5.56. The van der Waals surface area contributed by atoms with Crippen molar-refractivity contribution in [3.63, 3.8) is 0 Å². The highest BCUT2D eigenvalue weighted by atomic mass is 79.9. The molecule has 3 nitrogen and oxygen atoms in total. The van der Waals surface area contributed by atoms with Gasteiger partial charge in [0.2, 0.25) is 0 Å². The monoisotopic (exact) mass is 334 g/mol. The van der Waals surface area contributed by atoms with E-state index in [-0.39, 0.29) is 6.04 Å². The molecule has 106 valence electrons. The van der Waals surface area contributed by atoms with Crippen LogP contribution in [-0.2, 0) is 6.42 Å². The van der Waals surface area contributed by atoms with Crippen molar-refractivity contribution in [2.24, 2.45) is 0 Å². The number of ether oxygens (including phenoxy) is 1. The summed E-state index contributed by atoms with van der Waals surface area (Å²) >= 11 is 3.42. The highest BCUT2D eigenvalue weighted by Gasteiger charge is 2.12. The Balaban J connectivity index is 2.18. The molecule has 0 saturated carbocycles. The largest absolute Gasteiger partial charge is 0.497 e. The van der Waals surface area contributed by atoms with E-state index in [1.165, 1.54) is 5.56 Å². The first kappa shape index (κ1) is 15.0. The predicted molar refractivity (Wildman–Crippen MR) is 85.1 cm³/mol. The molecule has 0 amide bonds. The quantitative estimate of drug-likeness (QED) is 0.873. The first-order valence-electron chi connectivity index (χ1n) is 6.70. The van der Waals surface area contributed by atoms with E-state index in [0.29, 0.717) is 0 Å². The van der Waals surface area contributed by atoms with Gasteiger partial charge in [-0.1, -0.05) is 19.1 Å². The van der Waals surface area contributed by atoms with Gasteiger partial charge < -0.3 is 10.1 Å². The first-order chi connectivity index (χ1) is 9.72. The van der Waals surface area contributed by atoms with Gasteiger partial charge in [-0.05, 0) is 58.7 Å². The number of benzene rings is 1. The van der Waals surface area contributed by atoms with Crippen LogP contribution in [0.25, 0.3) is 0 Å².